The number of hydrogen-bond acceptors (Lipinski definition) is 4. The average molecular weight is 348 g/mol. The van der Waals surface area contributed by atoms with Crippen molar-refractivity contribution in [2.45, 2.75) is 31.6 Å². The van der Waals surface area contributed by atoms with Gasteiger partial charge in [0.1, 0.15) is 10.6 Å². The fourth-order valence-corrected chi connectivity index (χ4v) is 4.41. The Kier molecular flexibility index (Phi) is 5.71. The van der Waals surface area contributed by atoms with Crippen molar-refractivity contribution in [2.75, 3.05) is 26.3 Å². The molecular formula is C15H22ClNO4S. The molecule has 0 unspecified atom stereocenters. The normalized spacial score (nSPS) is 17.6. The van der Waals surface area contributed by atoms with Crippen LogP contribution < -0.4 is 4.74 Å². The van der Waals surface area contributed by atoms with Gasteiger partial charge in [0.05, 0.1) is 6.61 Å². The summed E-state index contributed by atoms with van der Waals surface area (Å²) in [5.41, 5.74) is 0.781. The molecule has 1 aromatic rings. The molecule has 22 heavy (non-hydrogen) atoms. The van der Waals surface area contributed by atoms with Crippen molar-refractivity contribution in [3.8, 4) is 5.75 Å². The van der Waals surface area contributed by atoms with Gasteiger partial charge < -0.3 is 9.84 Å². The molecule has 1 N–H and O–H groups in total. The molecule has 0 spiro atoms. The number of rotatable bonds is 5. The van der Waals surface area contributed by atoms with E-state index in [0.29, 0.717) is 43.3 Å². The number of aliphatic hydroxyl groups is 1. The molecule has 0 saturated carbocycles. The average Bonchev–Trinajstić information content (AvgIpc) is 2.51. The summed E-state index contributed by atoms with van der Waals surface area (Å²) in [6.07, 6.45) is 1.33. The number of ether oxygens (including phenoxy) is 1. The number of aryl methyl sites for hydroxylation is 1. The Labute approximate surface area is 136 Å². The van der Waals surface area contributed by atoms with Gasteiger partial charge in [0.25, 0.3) is 0 Å². The SMILES string of the molecule is CCOc1cc(C)c(Cl)cc1S(=O)(=O)N1CCC(CO)CC1. The molecule has 2 rings (SSSR count). The lowest BCUT2D eigenvalue weighted by atomic mass is 10.00. The molecule has 1 aliphatic rings. The van der Waals surface area contributed by atoms with Gasteiger partial charge in [-0.3, -0.25) is 0 Å². The standard InChI is InChI=1S/C15H22ClNO4S/c1-3-21-14-8-11(2)13(16)9-15(14)22(19,20)17-6-4-12(10-18)5-7-17/h8-9,12,18H,3-7,10H2,1-2H3. The number of hydrogen-bond donors (Lipinski definition) is 1. The molecule has 0 aliphatic carbocycles. The molecule has 0 amide bonds. The van der Waals surface area contributed by atoms with Crippen molar-refractivity contribution in [3.63, 3.8) is 0 Å². The van der Waals surface area contributed by atoms with Gasteiger partial charge in [0.2, 0.25) is 10.0 Å². The maximum absolute atomic E-state index is 12.9. The van der Waals surface area contributed by atoms with Crippen molar-refractivity contribution < 1.29 is 18.3 Å². The zero-order chi connectivity index (χ0) is 16.3. The quantitative estimate of drug-likeness (QED) is 0.888. The second kappa shape index (κ2) is 7.17. The van der Waals surface area contributed by atoms with Gasteiger partial charge in [-0.15, -0.1) is 0 Å². The molecule has 0 aromatic heterocycles. The Morgan fingerprint density at radius 1 is 1.36 bits per heavy atom. The predicted octanol–water partition coefficient (Wildman–Crippen LogP) is 2.44. The third kappa shape index (κ3) is 3.56. The Balaban J connectivity index is 2.35. The zero-order valence-electron chi connectivity index (χ0n) is 12.9. The third-order valence-corrected chi connectivity index (χ3v) is 6.30. The van der Waals surface area contributed by atoms with E-state index in [9.17, 15) is 13.5 Å². The number of sulfonamides is 1. The van der Waals surface area contributed by atoms with Crippen LogP contribution in [0.4, 0.5) is 0 Å². The van der Waals surface area contributed by atoms with Crippen molar-refractivity contribution in [1.82, 2.24) is 4.31 Å². The minimum Gasteiger partial charge on any atom is -0.492 e. The van der Waals surface area contributed by atoms with Crippen LogP contribution in [-0.4, -0.2) is 44.1 Å². The first-order valence-corrected chi connectivity index (χ1v) is 9.26. The summed E-state index contributed by atoms with van der Waals surface area (Å²) < 4.78 is 32.7. The van der Waals surface area contributed by atoms with Crippen LogP contribution in [0.3, 0.4) is 0 Å². The number of benzene rings is 1. The lowest BCUT2D eigenvalue weighted by molar-refractivity contribution is 0.170. The zero-order valence-corrected chi connectivity index (χ0v) is 14.5. The minimum absolute atomic E-state index is 0.106. The Hall–Kier alpha value is -0.820. The Bertz CT molecular complexity index is 625. The first-order chi connectivity index (χ1) is 10.4. The van der Waals surface area contributed by atoms with Crippen LogP contribution in [0.15, 0.2) is 17.0 Å². The summed E-state index contributed by atoms with van der Waals surface area (Å²) in [7, 11) is -3.64. The van der Waals surface area contributed by atoms with Crippen LogP contribution in [0, 0.1) is 12.8 Å². The molecule has 0 bridgehead atoms. The second-order valence-electron chi connectivity index (χ2n) is 5.51. The molecular weight excluding hydrogens is 326 g/mol. The lowest BCUT2D eigenvalue weighted by Gasteiger charge is -2.30. The van der Waals surface area contributed by atoms with E-state index in [1.807, 2.05) is 13.8 Å². The molecule has 7 heteroatoms. The van der Waals surface area contributed by atoms with E-state index < -0.39 is 10.0 Å². The first-order valence-electron chi connectivity index (χ1n) is 7.44. The van der Waals surface area contributed by atoms with Crippen LogP contribution in [0.1, 0.15) is 25.3 Å². The van der Waals surface area contributed by atoms with Crippen molar-refractivity contribution in [2.24, 2.45) is 5.92 Å². The topological polar surface area (TPSA) is 66.8 Å². The number of halogens is 1. The minimum atomic E-state index is -3.64. The first kappa shape index (κ1) is 17.5. The van der Waals surface area contributed by atoms with Crippen molar-refractivity contribution >= 4 is 21.6 Å². The van der Waals surface area contributed by atoms with E-state index >= 15 is 0 Å². The molecule has 1 heterocycles. The molecule has 124 valence electrons. The van der Waals surface area contributed by atoms with E-state index in [-0.39, 0.29) is 17.4 Å². The largest absolute Gasteiger partial charge is 0.492 e. The van der Waals surface area contributed by atoms with Crippen molar-refractivity contribution in [1.29, 1.82) is 0 Å². The highest BCUT2D eigenvalue weighted by molar-refractivity contribution is 7.89. The van der Waals surface area contributed by atoms with E-state index in [1.54, 1.807) is 6.07 Å². The van der Waals surface area contributed by atoms with Gasteiger partial charge in [-0.2, -0.15) is 4.31 Å². The summed E-state index contributed by atoms with van der Waals surface area (Å²) in [5, 5.41) is 9.58. The highest BCUT2D eigenvalue weighted by Crippen LogP contribution is 2.33. The van der Waals surface area contributed by atoms with Gasteiger partial charge >= 0.3 is 0 Å². The second-order valence-corrected chi connectivity index (χ2v) is 7.82. The van der Waals surface area contributed by atoms with Crippen LogP contribution in [0.5, 0.6) is 5.75 Å². The maximum atomic E-state index is 12.9. The summed E-state index contributed by atoms with van der Waals surface area (Å²) in [6, 6.07) is 3.13. The smallest absolute Gasteiger partial charge is 0.246 e. The van der Waals surface area contributed by atoms with Crippen molar-refractivity contribution in [3.05, 3.63) is 22.7 Å². The van der Waals surface area contributed by atoms with E-state index in [0.717, 1.165) is 5.56 Å². The molecule has 1 saturated heterocycles. The van der Waals surface area contributed by atoms with Gasteiger partial charge in [-0.25, -0.2) is 8.42 Å². The number of piperidine rings is 1. The molecule has 1 aliphatic heterocycles. The predicted molar refractivity (Wildman–Crippen MR) is 85.9 cm³/mol. The fourth-order valence-electron chi connectivity index (χ4n) is 2.58. The number of aliphatic hydroxyl groups excluding tert-OH is 1. The van der Waals surface area contributed by atoms with Crippen LogP contribution in [0.25, 0.3) is 0 Å². The van der Waals surface area contributed by atoms with Crippen LogP contribution >= 0.6 is 11.6 Å². The van der Waals surface area contributed by atoms with Gasteiger partial charge in [0.15, 0.2) is 0 Å². The monoisotopic (exact) mass is 347 g/mol. The lowest BCUT2D eigenvalue weighted by Crippen LogP contribution is -2.39. The highest BCUT2D eigenvalue weighted by Gasteiger charge is 2.31. The van der Waals surface area contributed by atoms with E-state index in [4.69, 9.17) is 16.3 Å². The molecule has 0 radical (unpaired) electrons. The summed E-state index contributed by atoms with van der Waals surface area (Å²) in [4.78, 5) is 0.118. The summed E-state index contributed by atoms with van der Waals surface area (Å²) in [5.74, 6) is 0.521. The molecule has 5 nitrogen and oxygen atoms in total. The van der Waals surface area contributed by atoms with Crippen LogP contribution in [-0.2, 0) is 10.0 Å². The number of nitrogens with zero attached hydrogens (tertiary/aromatic N) is 1. The molecule has 1 aromatic carbocycles. The third-order valence-electron chi connectivity index (χ3n) is 3.97. The van der Waals surface area contributed by atoms with Gasteiger partial charge in [-0.05, 0) is 50.3 Å². The summed E-state index contributed by atoms with van der Waals surface area (Å²) in [6.45, 7) is 4.93. The fraction of sp³-hybridized carbons (Fsp3) is 0.600. The highest BCUT2D eigenvalue weighted by atomic mass is 35.5. The van der Waals surface area contributed by atoms with Gasteiger partial charge in [-0.1, -0.05) is 11.6 Å². The maximum Gasteiger partial charge on any atom is 0.246 e. The summed E-state index contributed by atoms with van der Waals surface area (Å²) >= 11 is 6.10. The molecule has 0 atom stereocenters. The Morgan fingerprint density at radius 2 is 2.00 bits per heavy atom. The Morgan fingerprint density at radius 3 is 2.55 bits per heavy atom. The van der Waals surface area contributed by atoms with Gasteiger partial charge in [0, 0.05) is 24.7 Å². The van der Waals surface area contributed by atoms with E-state index in [1.165, 1.54) is 10.4 Å². The van der Waals surface area contributed by atoms with E-state index in [2.05, 4.69) is 0 Å². The molecule has 1 fully saturated rings. The van der Waals surface area contributed by atoms with Crippen LogP contribution in [0.2, 0.25) is 5.02 Å².